The molecule has 0 saturated carbocycles. The maximum atomic E-state index is 11.8. The van der Waals surface area contributed by atoms with Gasteiger partial charge in [-0.3, -0.25) is 4.79 Å². The second-order valence-electron chi connectivity index (χ2n) is 4.71. The van der Waals surface area contributed by atoms with Crippen LogP contribution in [0.1, 0.15) is 26.2 Å². The van der Waals surface area contributed by atoms with Crippen molar-refractivity contribution in [1.82, 2.24) is 0 Å². The first-order chi connectivity index (χ1) is 9.24. The Labute approximate surface area is 124 Å². The average Bonchev–Trinajstić information content (AvgIpc) is 2.30. The molecule has 1 aromatic rings. The number of nitrogens with two attached hydrogens (primary N) is 1. The molecule has 0 aliphatic rings. The third kappa shape index (κ3) is 5.11. The minimum atomic E-state index is -3.34. The van der Waals surface area contributed by atoms with Gasteiger partial charge < -0.3 is 11.1 Å². The molecule has 0 saturated heterocycles. The molecule has 0 radical (unpaired) electrons. The van der Waals surface area contributed by atoms with Crippen molar-refractivity contribution in [1.29, 1.82) is 0 Å². The fourth-order valence-corrected chi connectivity index (χ4v) is 2.55. The molecule has 5 nitrogen and oxygen atoms in total. The van der Waals surface area contributed by atoms with Gasteiger partial charge in [0.25, 0.3) is 0 Å². The van der Waals surface area contributed by atoms with Gasteiger partial charge >= 0.3 is 0 Å². The van der Waals surface area contributed by atoms with Crippen LogP contribution in [0.25, 0.3) is 0 Å². The summed E-state index contributed by atoms with van der Waals surface area (Å²) in [6, 6.07) is 3.98. The molecular formula is C13H19ClN2O3S. The van der Waals surface area contributed by atoms with Crippen molar-refractivity contribution in [2.75, 3.05) is 11.6 Å². The summed E-state index contributed by atoms with van der Waals surface area (Å²) in [6.07, 6.45) is 2.93. The van der Waals surface area contributed by atoms with Crippen LogP contribution >= 0.6 is 11.6 Å². The van der Waals surface area contributed by atoms with E-state index in [1.807, 2.05) is 6.92 Å². The molecule has 0 aliphatic carbocycles. The average molecular weight is 319 g/mol. The monoisotopic (exact) mass is 318 g/mol. The van der Waals surface area contributed by atoms with Gasteiger partial charge in [-0.2, -0.15) is 0 Å². The number of sulfone groups is 1. The Balaban J connectivity index is 2.84. The van der Waals surface area contributed by atoms with Crippen LogP contribution in [0.15, 0.2) is 23.1 Å². The highest BCUT2D eigenvalue weighted by Crippen LogP contribution is 2.25. The number of hydrogen-bond acceptors (Lipinski definition) is 4. The molecule has 0 bridgehead atoms. The molecule has 0 fully saturated rings. The zero-order valence-electron chi connectivity index (χ0n) is 11.5. The number of hydrogen-bond donors (Lipinski definition) is 2. The fraction of sp³-hybridized carbons (Fsp3) is 0.462. The minimum absolute atomic E-state index is 0.107. The van der Waals surface area contributed by atoms with E-state index in [-0.39, 0.29) is 34.0 Å². The van der Waals surface area contributed by atoms with Crippen LogP contribution < -0.4 is 11.1 Å². The van der Waals surface area contributed by atoms with Crippen molar-refractivity contribution in [3.8, 4) is 0 Å². The lowest BCUT2D eigenvalue weighted by atomic mass is 10.1. The van der Waals surface area contributed by atoms with Gasteiger partial charge in [0.15, 0.2) is 9.84 Å². The summed E-state index contributed by atoms with van der Waals surface area (Å²) in [6.45, 7) is 1.99. The molecule has 3 N–H and O–H groups in total. The number of anilines is 1. The van der Waals surface area contributed by atoms with E-state index in [0.717, 1.165) is 19.1 Å². The maximum Gasteiger partial charge on any atom is 0.225 e. The molecule has 112 valence electrons. The van der Waals surface area contributed by atoms with E-state index >= 15 is 0 Å². The van der Waals surface area contributed by atoms with E-state index < -0.39 is 9.84 Å². The number of halogens is 1. The minimum Gasteiger partial charge on any atom is -0.327 e. The number of benzene rings is 1. The summed E-state index contributed by atoms with van der Waals surface area (Å²) < 4.78 is 22.9. The van der Waals surface area contributed by atoms with Gasteiger partial charge in [0, 0.05) is 18.7 Å². The lowest BCUT2D eigenvalue weighted by molar-refractivity contribution is -0.116. The van der Waals surface area contributed by atoms with Crippen molar-refractivity contribution >= 4 is 33.0 Å². The van der Waals surface area contributed by atoms with E-state index in [1.165, 1.54) is 18.2 Å². The van der Waals surface area contributed by atoms with E-state index in [4.69, 9.17) is 17.3 Å². The smallest absolute Gasteiger partial charge is 0.225 e. The van der Waals surface area contributed by atoms with Gasteiger partial charge in [0.2, 0.25) is 5.91 Å². The first-order valence-electron chi connectivity index (χ1n) is 6.29. The van der Waals surface area contributed by atoms with Gasteiger partial charge in [-0.15, -0.1) is 0 Å². The van der Waals surface area contributed by atoms with Crippen LogP contribution in [0, 0.1) is 0 Å². The van der Waals surface area contributed by atoms with Gasteiger partial charge in [-0.05, 0) is 24.6 Å². The summed E-state index contributed by atoms with van der Waals surface area (Å²) in [4.78, 5) is 11.9. The lowest BCUT2D eigenvalue weighted by Crippen LogP contribution is -2.27. The standard InChI is InChI=1S/C13H19ClN2O3S/c1-3-4-9(15)7-13(17)16-12-8-10(20(2,18)19)5-6-11(12)14/h5-6,8-9H,3-4,7,15H2,1-2H3,(H,16,17). The van der Waals surface area contributed by atoms with Crippen molar-refractivity contribution < 1.29 is 13.2 Å². The van der Waals surface area contributed by atoms with Gasteiger partial charge in [-0.25, -0.2) is 8.42 Å². The van der Waals surface area contributed by atoms with Crippen LogP contribution in [0.2, 0.25) is 5.02 Å². The zero-order valence-corrected chi connectivity index (χ0v) is 13.1. The van der Waals surface area contributed by atoms with Gasteiger partial charge in [-0.1, -0.05) is 24.9 Å². The molecule has 0 spiro atoms. The highest BCUT2D eigenvalue weighted by Gasteiger charge is 2.14. The Morgan fingerprint density at radius 1 is 1.45 bits per heavy atom. The predicted molar refractivity (Wildman–Crippen MR) is 80.7 cm³/mol. The molecule has 20 heavy (non-hydrogen) atoms. The number of rotatable bonds is 6. The van der Waals surface area contributed by atoms with E-state index in [9.17, 15) is 13.2 Å². The van der Waals surface area contributed by atoms with Crippen molar-refractivity contribution in [3.05, 3.63) is 23.2 Å². The SMILES string of the molecule is CCCC(N)CC(=O)Nc1cc(S(C)(=O)=O)ccc1Cl. The molecule has 1 amide bonds. The largest absolute Gasteiger partial charge is 0.327 e. The lowest BCUT2D eigenvalue weighted by Gasteiger charge is -2.12. The zero-order chi connectivity index (χ0) is 15.3. The molecular weight excluding hydrogens is 300 g/mol. The third-order valence-electron chi connectivity index (χ3n) is 2.75. The Bertz CT molecular complexity index is 587. The molecule has 1 atom stereocenters. The van der Waals surface area contributed by atoms with Crippen LogP contribution in [0.5, 0.6) is 0 Å². The first kappa shape index (κ1) is 16.9. The maximum absolute atomic E-state index is 11.8. The third-order valence-corrected chi connectivity index (χ3v) is 4.19. The fourth-order valence-electron chi connectivity index (χ4n) is 1.74. The predicted octanol–water partition coefficient (Wildman–Crippen LogP) is 2.20. The Hall–Kier alpha value is -1.11. The quantitative estimate of drug-likeness (QED) is 0.841. The summed E-state index contributed by atoms with van der Waals surface area (Å²) in [5.41, 5.74) is 6.07. The Morgan fingerprint density at radius 3 is 2.65 bits per heavy atom. The van der Waals surface area contributed by atoms with Crippen molar-refractivity contribution in [2.24, 2.45) is 5.73 Å². The van der Waals surface area contributed by atoms with Crippen LogP contribution in [-0.4, -0.2) is 26.6 Å². The Morgan fingerprint density at radius 2 is 2.10 bits per heavy atom. The van der Waals surface area contributed by atoms with Crippen LogP contribution in [-0.2, 0) is 14.6 Å². The van der Waals surface area contributed by atoms with E-state index in [2.05, 4.69) is 5.32 Å². The van der Waals surface area contributed by atoms with Crippen molar-refractivity contribution in [3.63, 3.8) is 0 Å². The molecule has 0 aliphatic heterocycles. The summed E-state index contributed by atoms with van der Waals surface area (Å²) in [5.74, 6) is -0.279. The number of amides is 1. The van der Waals surface area contributed by atoms with Gasteiger partial charge in [0.1, 0.15) is 0 Å². The molecule has 0 heterocycles. The highest BCUT2D eigenvalue weighted by molar-refractivity contribution is 7.90. The van der Waals surface area contributed by atoms with Crippen molar-refractivity contribution in [2.45, 2.75) is 37.1 Å². The highest BCUT2D eigenvalue weighted by atomic mass is 35.5. The van der Waals surface area contributed by atoms with Crippen LogP contribution in [0.3, 0.4) is 0 Å². The van der Waals surface area contributed by atoms with Gasteiger partial charge in [0.05, 0.1) is 15.6 Å². The molecule has 7 heteroatoms. The summed E-state index contributed by atoms with van der Waals surface area (Å²) in [5, 5.41) is 2.88. The number of carbonyl (C=O) groups excluding carboxylic acids is 1. The first-order valence-corrected chi connectivity index (χ1v) is 8.56. The van der Waals surface area contributed by atoms with E-state index in [0.29, 0.717) is 0 Å². The summed E-state index contributed by atoms with van der Waals surface area (Å²) in [7, 11) is -3.34. The second-order valence-corrected chi connectivity index (χ2v) is 7.14. The van der Waals surface area contributed by atoms with E-state index in [1.54, 1.807) is 0 Å². The Kier molecular flexibility index (Phi) is 5.98. The molecule has 1 unspecified atom stereocenters. The number of nitrogens with one attached hydrogen (secondary N) is 1. The molecule has 1 rings (SSSR count). The number of carbonyl (C=O) groups is 1. The van der Waals surface area contributed by atoms with Crippen LogP contribution in [0.4, 0.5) is 5.69 Å². The second kappa shape index (κ2) is 7.06. The normalized spacial score (nSPS) is 13.0. The topological polar surface area (TPSA) is 89.3 Å². The molecule has 1 aromatic carbocycles. The molecule has 0 aromatic heterocycles. The summed E-state index contributed by atoms with van der Waals surface area (Å²) >= 11 is 5.95.